The first-order valence-electron chi connectivity index (χ1n) is 9.04. The van der Waals surface area contributed by atoms with Crippen molar-refractivity contribution in [2.24, 2.45) is 5.73 Å². The lowest BCUT2D eigenvalue weighted by Gasteiger charge is -2.13. The van der Waals surface area contributed by atoms with E-state index in [0.717, 1.165) is 37.8 Å². The third-order valence-electron chi connectivity index (χ3n) is 4.63. The van der Waals surface area contributed by atoms with Gasteiger partial charge in [-0.3, -0.25) is 4.79 Å². The van der Waals surface area contributed by atoms with Crippen LogP contribution in [0.25, 0.3) is 0 Å². The molecule has 3 N–H and O–H groups in total. The number of aryl methyl sites for hydroxylation is 2. The first kappa shape index (κ1) is 20.4. The van der Waals surface area contributed by atoms with E-state index < -0.39 is 0 Å². The number of nitrogens with one attached hydrogen (secondary N) is 1. The van der Waals surface area contributed by atoms with Crippen molar-refractivity contribution < 1.29 is 9.53 Å². The highest BCUT2D eigenvalue weighted by atomic mass is 35.5. The minimum Gasteiger partial charge on any atom is -0.364 e. The molecule has 140 valence electrons. The Morgan fingerprint density at radius 2 is 1.77 bits per heavy atom. The van der Waals surface area contributed by atoms with Crippen LogP contribution in [0.15, 0.2) is 54.6 Å². The van der Waals surface area contributed by atoms with Crippen LogP contribution < -0.4 is 11.1 Å². The second kappa shape index (κ2) is 10.3. The zero-order valence-electron chi connectivity index (χ0n) is 14.9. The number of hydrogen-bond acceptors (Lipinski definition) is 3. The molecule has 1 heterocycles. The fourth-order valence-electron chi connectivity index (χ4n) is 3.24. The quantitative estimate of drug-likeness (QED) is 0.776. The Labute approximate surface area is 161 Å². The number of carbonyl (C=O) groups excluding carboxylic acids is 1. The maximum Gasteiger partial charge on any atom is 0.253 e. The molecule has 0 spiro atoms. The Morgan fingerprint density at radius 3 is 2.50 bits per heavy atom. The van der Waals surface area contributed by atoms with Gasteiger partial charge in [0.25, 0.3) is 5.91 Å². The Hall–Kier alpha value is -1.88. The smallest absolute Gasteiger partial charge is 0.253 e. The summed E-state index contributed by atoms with van der Waals surface area (Å²) in [5.74, 6) is -0.0719. The van der Waals surface area contributed by atoms with Crippen molar-refractivity contribution in [3.8, 4) is 0 Å². The van der Waals surface area contributed by atoms with Gasteiger partial charge in [-0.2, -0.15) is 0 Å². The molecule has 0 bridgehead atoms. The molecular formula is C21H27ClN2O2. The van der Waals surface area contributed by atoms with E-state index in [9.17, 15) is 4.79 Å². The first-order valence-corrected chi connectivity index (χ1v) is 9.04. The molecule has 2 atom stereocenters. The number of rotatable bonds is 7. The number of hydrogen-bond donors (Lipinski definition) is 2. The van der Waals surface area contributed by atoms with Crippen LogP contribution in [0, 0.1) is 0 Å². The lowest BCUT2D eigenvalue weighted by molar-refractivity contribution is -0.126. The predicted octanol–water partition coefficient (Wildman–Crippen LogP) is 3.73. The maximum absolute atomic E-state index is 12.3. The zero-order chi connectivity index (χ0) is 17.5. The number of halogens is 1. The molecule has 5 heteroatoms. The lowest BCUT2D eigenvalue weighted by Crippen LogP contribution is -2.29. The van der Waals surface area contributed by atoms with Crippen LogP contribution in [-0.4, -0.2) is 24.7 Å². The summed E-state index contributed by atoms with van der Waals surface area (Å²) in [5.41, 5.74) is 9.03. The molecule has 0 aliphatic carbocycles. The topological polar surface area (TPSA) is 64.4 Å². The molecule has 1 fully saturated rings. The summed E-state index contributed by atoms with van der Waals surface area (Å²) < 4.78 is 5.65. The molecule has 1 aliphatic heterocycles. The van der Waals surface area contributed by atoms with Gasteiger partial charge in [0, 0.05) is 12.2 Å². The molecule has 1 saturated heterocycles. The third-order valence-corrected chi connectivity index (χ3v) is 4.63. The van der Waals surface area contributed by atoms with Crippen molar-refractivity contribution in [3.63, 3.8) is 0 Å². The molecule has 2 aromatic rings. The third kappa shape index (κ3) is 5.84. The maximum atomic E-state index is 12.3. The summed E-state index contributed by atoms with van der Waals surface area (Å²) in [7, 11) is 0. The van der Waals surface area contributed by atoms with E-state index in [1.807, 2.05) is 18.2 Å². The highest BCUT2D eigenvalue weighted by Crippen LogP contribution is 2.21. The molecule has 0 radical (unpaired) electrons. The van der Waals surface area contributed by atoms with Crippen molar-refractivity contribution in [2.45, 2.75) is 44.3 Å². The molecule has 4 nitrogen and oxygen atoms in total. The summed E-state index contributed by atoms with van der Waals surface area (Å²) in [6, 6.07) is 18.6. The fourth-order valence-corrected chi connectivity index (χ4v) is 3.24. The van der Waals surface area contributed by atoms with Crippen LogP contribution in [0.3, 0.4) is 0 Å². The van der Waals surface area contributed by atoms with Crippen LogP contribution >= 0.6 is 12.4 Å². The normalized spacial score (nSPS) is 19.0. The molecule has 1 aliphatic rings. The highest BCUT2D eigenvalue weighted by molar-refractivity contribution is 5.94. The van der Waals surface area contributed by atoms with Gasteiger partial charge in [-0.05, 0) is 55.4 Å². The number of amides is 1. The van der Waals surface area contributed by atoms with Gasteiger partial charge in [0.05, 0.1) is 6.10 Å². The Balaban J connectivity index is 0.00000243. The van der Waals surface area contributed by atoms with Gasteiger partial charge in [0.2, 0.25) is 0 Å². The van der Waals surface area contributed by atoms with Crippen molar-refractivity contribution in [3.05, 3.63) is 65.7 Å². The van der Waals surface area contributed by atoms with Crippen LogP contribution in [-0.2, 0) is 22.4 Å². The predicted molar refractivity (Wildman–Crippen MR) is 108 cm³/mol. The van der Waals surface area contributed by atoms with Crippen LogP contribution in [0.1, 0.15) is 30.4 Å². The lowest BCUT2D eigenvalue weighted by atomic mass is 10.0. The number of carbonyl (C=O) groups is 1. The zero-order valence-corrected chi connectivity index (χ0v) is 15.7. The molecule has 0 saturated carbocycles. The van der Waals surface area contributed by atoms with E-state index >= 15 is 0 Å². The molecule has 0 aromatic heterocycles. The minimum absolute atomic E-state index is 0. The minimum atomic E-state index is -0.379. The molecule has 2 aromatic carbocycles. The van der Waals surface area contributed by atoms with E-state index in [4.69, 9.17) is 10.5 Å². The second-order valence-corrected chi connectivity index (χ2v) is 6.59. The van der Waals surface area contributed by atoms with E-state index in [1.165, 1.54) is 11.1 Å². The van der Waals surface area contributed by atoms with Crippen molar-refractivity contribution in [1.82, 2.24) is 0 Å². The van der Waals surface area contributed by atoms with Gasteiger partial charge in [0.1, 0.15) is 6.10 Å². The fraction of sp³-hybridized carbons (Fsp3) is 0.381. The number of ether oxygens (including phenoxy) is 1. The van der Waals surface area contributed by atoms with Gasteiger partial charge in [0.15, 0.2) is 0 Å². The van der Waals surface area contributed by atoms with Crippen molar-refractivity contribution in [2.75, 3.05) is 11.9 Å². The summed E-state index contributed by atoms with van der Waals surface area (Å²) in [6.45, 7) is 0.473. The SMILES string of the molecule is Cl.NC[C@H]1CC[C@@H](C(=O)Nc2cccc(CCCc3ccccc3)c2)O1. The molecule has 26 heavy (non-hydrogen) atoms. The monoisotopic (exact) mass is 374 g/mol. The van der Waals surface area contributed by atoms with Crippen LogP contribution in [0.2, 0.25) is 0 Å². The van der Waals surface area contributed by atoms with E-state index in [1.54, 1.807) is 0 Å². The van der Waals surface area contributed by atoms with E-state index in [0.29, 0.717) is 6.54 Å². The van der Waals surface area contributed by atoms with Crippen molar-refractivity contribution in [1.29, 1.82) is 0 Å². The number of benzene rings is 2. The molecule has 0 unspecified atom stereocenters. The Bertz CT molecular complexity index is 693. The number of anilines is 1. The van der Waals surface area contributed by atoms with Crippen LogP contribution in [0.4, 0.5) is 5.69 Å². The average molecular weight is 375 g/mol. The van der Waals surface area contributed by atoms with E-state index in [2.05, 4.69) is 41.7 Å². The summed E-state index contributed by atoms with van der Waals surface area (Å²) in [4.78, 5) is 12.3. The largest absolute Gasteiger partial charge is 0.364 e. The van der Waals surface area contributed by atoms with Crippen LogP contribution in [0.5, 0.6) is 0 Å². The van der Waals surface area contributed by atoms with Crippen molar-refractivity contribution >= 4 is 24.0 Å². The van der Waals surface area contributed by atoms with Gasteiger partial charge in [-0.15, -0.1) is 12.4 Å². The average Bonchev–Trinajstić information content (AvgIpc) is 3.12. The highest BCUT2D eigenvalue weighted by Gasteiger charge is 2.29. The van der Waals surface area contributed by atoms with Gasteiger partial charge < -0.3 is 15.8 Å². The second-order valence-electron chi connectivity index (χ2n) is 6.59. The Morgan fingerprint density at radius 1 is 1.04 bits per heavy atom. The summed E-state index contributed by atoms with van der Waals surface area (Å²) in [5, 5.41) is 2.97. The molecule has 3 rings (SSSR count). The first-order chi connectivity index (χ1) is 12.2. The summed E-state index contributed by atoms with van der Waals surface area (Å²) in [6.07, 6.45) is 4.38. The van der Waals surface area contributed by atoms with Gasteiger partial charge in [-0.1, -0.05) is 42.5 Å². The molecule has 1 amide bonds. The standard InChI is InChI=1S/C21H26N2O2.ClH/c22-15-19-12-13-20(25-19)21(24)23-18-11-5-10-17(14-18)9-4-8-16-6-2-1-3-7-16;/h1-3,5-7,10-11,14,19-20H,4,8-9,12-13,15,22H2,(H,23,24);1H/t19-,20+;/m1./s1. The molecular weight excluding hydrogens is 348 g/mol. The van der Waals surface area contributed by atoms with Gasteiger partial charge in [-0.25, -0.2) is 0 Å². The van der Waals surface area contributed by atoms with E-state index in [-0.39, 0.29) is 30.5 Å². The Kier molecular flexibility index (Phi) is 8.10. The number of nitrogens with two attached hydrogens (primary N) is 1. The van der Waals surface area contributed by atoms with Gasteiger partial charge >= 0.3 is 0 Å². The summed E-state index contributed by atoms with van der Waals surface area (Å²) >= 11 is 0.